The van der Waals surface area contributed by atoms with Crippen LogP contribution in [0.3, 0.4) is 0 Å². The Kier molecular flexibility index (Phi) is 10.2. The first-order chi connectivity index (χ1) is 11.8. The van der Waals surface area contributed by atoms with Gasteiger partial charge in [0.2, 0.25) is 0 Å². The predicted molar refractivity (Wildman–Crippen MR) is 110 cm³/mol. The van der Waals surface area contributed by atoms with Gasteiger partial charge >= 0.3 is 0 Å². The molecule has 0 aromatic heterocycles. The van der Waals surface area contributed by atoms with E-state index in [2.05, 4.69) is 85.8 Å². The molecule has 1 atom stereocenters. The standard InChI is InChI=1S/C20H22S.C3H4/c1-2-8-17(11-6-7-16-21)19-12-14-20(15-13-19)18-9-4-3-5-10-18;1-3-2/h3-12,20-21H,1,13-16H2;1H,2H3/b7-6+,17-11+;. The van der Waals surface area contributed by atoms with Gasteiger partial charge in [0.1, 0.15) is 0 Å². The minimum atomic E-state index is 0.650. The summed E-state index contributed by atoms with van der Waals surface area (Å²) >= 11 is 4.19. The summed E-state index contributed by atoms with van der Waals surface area (Å²) < 4.78 is 0. The van der Waals surface area contributed by atoms with Crippen molar-refractivity contribution in [1.82, 2.24) is 0 Å². The Labute approximate surface area is 152 Å². The number of hydrogen-bond acceptors (Lipinski definition) is 1. The lowest BCUT2D eigenvalue weighted by molar-refractivity contribution is 0.603. The van der Waals surface area contributed by atoms with E-state index in [1.807, 2.05) is 12.2 Å². The maximum atomic E-state index is 4.60. The van der Waals surface area contributed by atoms with Gasteiger partial charge in [-0.05, 0) is 54.9 Å². The molecule has 1 aromatic rings. The highest BCUT2D eigenvalue weighted by atomic mass is 32.1. The Balaban J connectivity index is 0.000000891. The lowest BCUT2D eigenvalue weighted by atomic mass is 9.82. The summed E-state index contributed by atoms with van der Waals surface area (Å²) in [6.45, 7) is 5.35. The first-order valence-corrected chi connectivity index (χ1v) is 8.85. The van der Waals surface area contributed by atoms with Crippen molar-refractivity contribution in [2.75, 3.05) is 5.75 Å². The van der Waals surface area contributed by atoms with Crippen LogP contribution in [0.1, 0.15) is 37.7 Å². The Morgan fingerprint density at radius 1 is 1.38 bits per heavy atom. The van der Waals surface area contributed by atoms with Gasteiger partial charge in [0, 0.05) is 5.75 Å². The van der Waals surface area contributed by atoms with E-state index in [9.17, 15) is 0 Å². The Morgan fingerprint density at radius 2 is 2.08 bits per heavy atom. The zero-order chi connectivity index (χ0) is 17.6. The third-order valence-electron chi connectivity index (χ3n) is 3.83. The van der Waals surface area contributed by atoms with Crippen molar-refractivity contribution in [3.8, 4) is 12.3 Å². The lowest BCUT2D eigenvalue weighted by Gasteiger charge is -2.22. The van der Waals surface area contributed by atoms with Crippen LogP contribution >= 0.6 is 12.6 Å². The van der Waals surface area contributed by atoms with Crippen LogP contribution < -0.4 is 0 Å². The van der Waals surface area contributed by atoms with Gasteiger partial charge in [0.25, 0.3) is 0 Å². The van der Waals surface area contributed by atoms with Crippen LogP contribution in [0.15, 0.2) is 84.2 Å². The fourth-order valence-electron chi connectivity index (χ4n) is 2.71. The van der Waals surface area contributed by atoms with Crippen molar-refractivity contribution in [3.05, 3.63) is 89.7 Å². The third-order valence-corrected chi connectivity index (χ3v) is 4.04. The largest absolute Gasteiger partial charge is 0.175 e. The number of hydrogen-bond donors (Lipinski definition) is 1. The summed E-state index contributed by atoms with van der Waals surface area (Å²) in [7, 11) is 0. The number of thiol groups is 1. The first-order valence-electron chi connectivity index (χ1n) is 8.22. The van der Waals surface area contributed by atoms with Crippen LogP contribution in [-0.4, -0.2) is 5.75 Å². The lowest BCUT2D eigenvalue weighted by Crippen LogP contribution is -2.05. The highest BCUT2D eigenvalue weighted by Gasteiger charge is 2.16. The Bertz CT molecular complexity index is 662. The number of terminal acetylenes is 1. The zero-order valence-electron chi connectivity index (χ0n) is 14.4. The van der Waals surface area contributed by atoms with Crippen LogP contribution in [0.2, 0.25) is 0 Å². The molecule has 124 valence electrons. The van der Waals surface area contributed by atoms with Crippen LogP contribution in [0, 0.1) is 12.3 Å². The van der Waals surface area contributed by atoms with E-state index in [1.54, 1.807) is 6.92 Å². The van der Waals surface area contributed by atoms with Crippen molar-refractivity contribution in [1.29, 1.82) is 0 Å². The number of allylic oxidation sites excluding steroid dienone is 6. The fourth-order valence-corrected chi connectivity index (χ4v) is 2.84. The molecule has 0 saturated carbocycles. The monoisotopic (exact) mass is 334 g/mol. The molecule has 0 nitrogen and oxygen atoms in total. The molecule has 1 heteroatoms. The van der Waals surface area contributed by atoms with Crippen LogP contribution in [0.4, 0.5) is 0 Å². The van der Waals surface area contributed by atoms with Gasteiger partial charge in [0.15, 0.2) is 0 Å². The Hall–Kier alpha value is -2.13. The Morgan fingerprint density at radius 3 is 2.62 bits per heavy atom. The molecule has 0 fully saturated rings. The van der Waals surface area contributed by atoms with Gasteiger partial charge in [-0.3, -0.25) is 0 Å². The number of rotatable bonds is 5. The molecule has 0 radical (unpaired) electrons. The SMILES string of the molecule is C#CC.C=C=C/C(=C\C=C\CS)C1=CCC(c2ccccc2)CC1. The highest BCUT2D eigenvalue weighted by molar-refractivity contribution is 7.80. The minimum absolute atomic E-state index is 0.650. The smallest absolute Gasteiger partial charge is 0.00856 e. The third kappa shape index (κ3) is 6.97. The fraction of sp³-hybridized carbons (Fsp3) is 0.261. The average molecular weight is 335 g/mol. The minimum Gasteiger partial charge on any atom is -0.175 e. The van der Waals surface area contributed by atoms with Crippen molar-refractivity contribution in [2.24, 2.45) is 0 Å². The molecule has 0 heterocycles. The van der Waals surface area contributed by atoms with Crippen LogP contribution in [0.25, 0.3) is 0 Å². The summed E-state index contributed by atoms with van der Waals surface area (Å²) in [5, 5.41) is 0. The number of benzene rings is 1. The van der Waals surface area contributed by atoms with E-state index in [-0.39, 0.29) is 0 Å². The highest BCUT2D eigenvalue weighted by Crippen LogP contribution is 2.34. The summed E-state index contributed by atoms with van der Waals surface area (Å²) in [6, 6.07) is 10.8. The maximum Gasteiger partial charge on any atom is 0.00856 e. The molecule has 0 saturated heterocycles. The second-order valence-electron chi connectivity index (χ2n) is 5.48. The van der Waals surface area contributed by atoms with Gasteiger partial charge in [0.05, 0.1) is 0 Å². The predicted octanol–water partition coefficient (Wildman–Crippen LogP) is 6.27. The van der Waals surface area contributed by atoms with E-state index in [1.165, 1.54) is 23.1 Å². The van der Waals surface area contributed by atoms with Crippen molar-refractivity contribution in [3.63, 3.8) is 0 Å². The van der Waals surface area contributed by atoms with Gasteiger partial charge < -0.3 is 0 Å². The van der Waals surface area contributed by atoms with Crippen LogP contribution in [-0.2, 0) is 0 Å². The average Bonchev–Trinajstić information content (AvgIpc) is 2.63. The van der Waals surface area contributed by atoms with Crippen LogP contribution in [0.5, 0.6) is 0 Å². The van der Waals surface area contributed by atoms with Gasteiger partial charge in [-0.15, -0.1) is 18.1 Å². The van der Waals surface area contributed by atoms with Crippen molar-refractivity contribution >= 4 is 12.6 Å². The molecule has 0 bridgehead atoms. The molecule has 1 aliphatic rings. The van der Waals surface area contributed by atoms with Gasteiger partial charge in [-0.25, -0.2) is 0 Å². The molecule has 0 amide bonds. The normalized spacial score (nSPS) is 17.1. The molecular weight excluding hydrogens is 308 g/mol. The van der Waals surface area contributed by atoms with E-state index < -0.39 is 0 Å². The molecule has 0 N–H and O–H groups in total. The molecule has 1 aromatic carbocycles. The zero-order valence-corrected chi connectivity index (χ0v) is 15.3. The summed E-state index contributed by atoms with van der Waals surface area (Å²) in [5.41, 5.74) is 6.97. The first kappa shape index (κ1) is 19.9. The summed E-state index contributed by atoms with van der Waals surface area (Å²) in [6.07, 6.45) is 18.6. The summed E-state index contributed by atoms with van der Waals surface area (Å²) in [4.78, 5) is 0. The molecule has 24 heavy (non-hydrogen) atoms. The van der Waals surface area contributed by atoms with Gasteiger partial charge in [-0.2, -0.15) is 12.6 Å². The maximum absolute atomic E-state index is 4.60. The second kappa shape index (κ2) is 12.3. The molecule has 0 aliphatic heterocycles. The van der Waals surface area contributed by atoms with Gasteiger partial charge in [-0.1, -0.05) is 61.2 Å². The topological polar surface area (TPSA) is 0 Å². The molecule has 1 unspecified atom stereocenters. The molecular formula is C23H26S. The van der Waals surface area contributed by atoms with E-state index in [0.29, 0.717) is 5.92 Å². The molecule has 1 aliphatic carbocycles. The van der Waals surface area contributed by atoms with Crippen molar-refractivity contribution in [2.45, 2.75) is 32.1 Å². The van der Waals surface area contributed by atoms with E-state index in [0.717, 1.165) is 18.6 Å². The van der Waals surface area contributed by atoms with E-state index >= 15 is 0 Å². The van der Waals surface area contributed by atoms with E-state index in [4.69, 9.17) is 0 Å². The quantitative estimate of drug-likeness (QED) is 0.279. The molecule has 0 spiro atoms. The van der Waals surface area contributed by atoms with Crippen molar-refractivity contribution < 1.29 is 0 Å². The second-order valence-corrected chi connectivity index (χ2v) is 5.85. The molecule has 2 rings (SSSR count). The summed E-state index contributed by atoms with van der Waals surface area (Å²) in [5.74, 6) is 3.66.